The monoisotopic (exact) mass is 240 g/mol. The maximum absolute atomic E-state index is 6.38. The molecular formula is C14H28N2O. The lowest BCUT2D eigenvalue weighted by Crippen LogP contribution is -2.54. The van der Waals surface area contributed by atoms with E-state index in [1.807, 2.05) is 0 Å². The SMILES string of the molecule is CCC1CN(C2CCCCCCC2N)CCO1. The Bertz CT molecular complexity index is 222. The second-order valence-corrected chi connectivity index (χ2v) is 5.62. The van der Waals surface area contributed by atoms with Crippen LogP contribution in [0.3, 0.4) is 0 Å². The molecule has 1 aliphatic heterocycles. The first-order valence-electron chi connectivity index (χ1n) is 7.42. The highest BCUT2D eigenvalue weighted by Crippen LogP contribution is 2.23. The predicted octanol–water partition coefficient (Wildman–Crippen LogP) is 2.15. The van der Waals surface area contributed by atoms with Crippen LogP contribution in [0.5, 0.6) is 0 Å². The predicted molar refractivity (Wildman–Crippen MR) is 71.1 cm³/mol. The average molecular weight is 240 g/mol. The van der Waals surface area contributed by atoms with E-state index in [1.165, 1.54) is 38.5 Å². The molecule has 17 heavy (non-hydrogen) atoms. The number of rotatable bonds is 2. The normalized spacial score (nSPS) is 37.4. The molecule has 0 aromatic heterocycles. The van der Waals surface area contributed by atoms with E-state index in [0.717, 1.165) is 26.1 Å². The van der Waals surface area contributed by atoms with Crippen molar-refractivity contribution in [3.63, 3.8) is 0 Å². The molecule has 0 bridgehead atoms. The fourth-order valence-electron chi connectivity index (χ4n) is 3.24. The Kier molecular flexibility index (Phi) is 5.26. The molecule has 2 aliphatic rings. The summed E-state index contributed by atoms with van der Waals surface area (Å²) >= 11 is 0. The fraction of sp³-hybridized carbons (Fsp3) is 1.00. The number of nitrogens with zero attached hydrogens (tertiary/aromatic N) is 1. The summed E-state index contributed by atoms with van der Waals surface area (Å²) in [6.07, 6.45) is 9.49. The number of hydrogen-bond acceptors (Lipinski definition) is 3. The first-order chi connectivity index (χ1) is 8.31. The molecule has 3 atom stereocenters. The van der Waals surface area contributed by atoms with Crippen LogP contribution in [0.15, 0.2) is 0 Å². The van der Waals surface area contributed by atoms with E-state index >= 15 is 0 Å². The summed E-state index contributed by atoms with van der Waals surface area (Å²) < 4.78 is 5.76. The van der Waals surface area contributed by atoms with Crippen LogP contribution in [0, 0.1) is 0 Å². The zero-order valence-corrected chi connectivity index (χ0v) is 11.2. The highest BCUT2D eigenvalue weighted by atomic mass is 16.5. The van der Waals surface area contributed by atoms with Crippen LogP contribution in [-0.4, -0.2) is 42.8 Å². The molecule has 3 unspecified atom stereocenters. The molecule has 1 saturated heterocycles. The largest absolute Gasteiger partial charge is 0.376 e. The molecule has 2 rings (SSSR count). The van der Waals surface area contributed by atoms with Gasteiger partial charge in [-0.25, -0.2) is 0 Å². The van der Waals surface area contributed by atoms with Crippen molar-refractivity contribution >= 4 is 0 Å². The molecule has 1 heterocycles. The minimum absolute atomic E-state index is 0.380. The van der Waals surface area contributed by atoms with Gasteiger partial charge in [0.15, 0.2) is 0 Å². The van der Waals surface area contributed by atoms with Gasteiger partial charge in [0, 0.05) is 25.2 Å². The fourth-order valence-corrected chi connectivity index (χ4v) is 3.24. The van der Waals surface area contributed by atoms with Crippen LogP contribution in [0.2, 0.25) is 0 Å². The number of ether oxygens (including phenoxy) is 1. The smallest absolute Gasteiger partial charge is 0.0700 e. The van der Waals surface area contributed by atoms with Gasteiger partial charge < -0.3 is 10.5 Å². The number of hydrogen-bond donors (Lipinski definition) is 1. The van der Waals surface area contributed by atoms with Gasteiger partial charge in [-0.2, -0.15) is 0 Å². The zero-order chi connectivity index (χ0) is 12.1. The van der Waals surface area contributed by atoms with Gasteiger partial charge >= 0.3 is 0 Å². The summed E-state index contributed by atoms with van der Waals surface area (Å²) in [5.74, 6) is 0. The Morgan fingerprint density at radius 3 is 2.71 bits per heavy atom. The number of morpholine rings is 1. The molecule has 0 aromatic rings. The standard InChI is InChI=1S/C14H28N2O/c1-2-12-11-16(9-10-17-12)14-8-6-4-3-5-7-13(14)15/h12-14H,2-11,15H2,1H3. The minimum atomic E-state index is 0.380. The van der Waals surface area contributed by atoms with Gasteiger partial charge in [0.1, 0.15) is 0 Å². The van der Waals surface area contributed by atoms with Gasteiger partial charge in [0.05, 0.1) is 12.7 Å². The van der Waals surface area contributed by atoms with E-state index in [9.17, 15) is 0 Å². The maximum Gasteiger partial charge on any atom is 0.0700 e. The van der Waals surface area contributed by atoms with Crippen LogP contribution < -0.4 is 5.73 Å². The van der Waals surface area contributed by atoms with Crippen molar-refractivity contribution in [1.82, 2.24) is 4.90 Å². The average Bonchev–Trinajstić information content (AvgIpc) is 2.34. The molecule has 0 spiro atoms. The second-order valence-electron chi connectivity index (χ2n) is 5.62. The Hall–Kier alpha value is -0.120. The second kappa shape index (κ2) is 6.72. The Balaban J connectivity index is 1.92. The van der Waals surface area contributed by atoms with E-state index in [1.54, 1.807) is 0 Å². The summed E-state index contributed by atoms with van der Waals surface area (Å²) in [5, 5.41) is 0. The van der Waals surface area contributed by atoms with Crippen molar-refractivity contribution in [1.29, 1.82) is 0 Å². The van der Waals surface area contributed by atoms with E-state index in [0.29, 0.717) is 18.2 Å². The van der Waals surface area contributed by atoms with Crippen molar-refractivity contribution in [2.24, 2.45) is 5.73 Å². The molecule has 1 saturated carbocycles. The van der Waals surface area contributed by atoms with Crippen LogP contribution in [-0.2, 0) is 4.74 Å². The summed E-state index contributed by atoms with van der Waals surface area (Å²) in [4.78, 5) is 2.60. The third-order valence-corrected chi connectivity index (χ3v) is 4.38. The summed E-state index contributed by atoms with van der Waals surface area (Å²) in [6, 6.07) is 0.985. The molecule has 100 valence electrons. The molecular weight excluding hydrogens is 212 g/mol. The first-order valence-corrected chi connectivity index (χ1v) is 7.42. The van der Waals surface area contributed by atoms with Crippen molar-refractivity contribution in [3.05, 3.63) is 0 Å². The zero-order valence-electron chi connectivity index (χ0n) is 11.2. The first kappa shape index (κ1) is 13.3. The molecule has 0 amide bonds. The molecule has 0 aromatic carbocycles. The molecule has 2 fully saturated rings. The van der Waals surface area contributed by atoms with Crippen LogP contribution in [0.4, 0.5) is 0 Å². The van der Waals surface area contributed by atoms with Crippen LogP contribution in [0.1, 0.15) is 51.9 Å². The maximum atomic E-state index is 6.38. The van der Waals surface area contributed by atoms with Crippen molar-refractivity contribution < 1.29 is 4.74 Å². The summed E-state index contributed by atoms with van der Waals surface area (Å²) in [5.41, 5.74) is 6.38. The van der Waals surface area contributed by atoms with Gasteiger partial charge in [0.2, 0.25) is 0 Å². The molecule has 3 heteroatoms. The topological polar surface area (TPSA) is 38.5 Å². The van der Waals surface area contributed by atoms with Crippen molar-refractivity contribution in [2.75, 3.05) is 19.7 Å². The van der Waals surface area contributed by atoms with E-state index in [-0.39, 0.29) is 0 Å². The lowest BCUT2D eigenvalue weighted by atomic mass is 9.91. The molecule has 2 N–H and O–H groups in total. The third kappa shape index (κ3) is 3.67. The van der Waals surface area contributed by atoms with E-state index in [2.05, 4.69) is 11.8 Å². The Labute approximate surface area is 106 Å². The molecule has 1 aliphatic carbocycles. The highest BCUT2D eigenvalue weighted by molar-refractivity contribution is 4.86. The lowest BCUT2D eigenvalue weighted by molar-refractivity contribution is -0.0502. The third-order valence-electron chi connectivity index (χ3n) is 4.38. The summed E-state index contributed by atoms with van der Waals surface area (Å²) in [7, 11) is 0. The van der Waals surface area contributed by atoms with Crippen molar-refractivity contribution in [2.45, 2.75) is 70.1 Å². The molecule has 0 radical (unpaired) electrons. The molecule has 3 nitrogen and oxygen atoms in total. The Morgan fingerprint density at radius 1 is 1.18 bits per heavy atom. The number of nitrogens with two attached hydrogens (primary N) is 1. The van der Waals surface area contributed by atoms with Gasteiger partial charge in [0.25, 0.3) is 0 Å². The van der Waals surface area contributed by atoms with Gasteiger partial charge in [-0.05, 0) is 19.3 Å². The van der Waals surface area contributed by atoms with E-state index in [4.69, 9.17) is 10.5 Å². The lowest BCUT2D eigenvalue weighted by Gasteiger charge is -2.41. The van der Waals surface area contributed by atoms with Crippen LogP contribution in [0.25, 0.3) is 0 Å². The van der Waals surface area contributed by atoms with E-state index < -0.39 is 0 Å². The van der Waals surface area contributed by atoms with Crippen LogP contribution >= 0.6 is 0 Å². The van der Waals surface area contributed by atoms with Crippen molar-refractivity contribution in [3.8, 4) is 0 Å². The highest BCUT2D eigenvalue weighted by Gasteiger charge is 2.29. The quantitative estimate of drug-likeness (QED) is 0.804. The van der Waals surface area contributed by atoms with Gasteiger partial charge in [-0.3, -0.25) is 4.90 Å². The minimum Gasteiger partial charge on any atom is -0.376 e. The summed E-state index contributed by atoms with van der Waals surface area (Å²) in [6.45, 7) is 5.28. The van der Waals surface area contributed by atoms with Gasteiger partial charge in [-0.15, -0.1) is 0 Å². The Morgan fingerprint density at radius 2 is 1.94 bits per heavy atom. The van der Waals surface area contributed by atoms with Gasteiger partial charge in [-0.1, -0.05) is 32.6 Å².